The second-order valence-electron chi connectivity index (χ2n) is 3.48. The van der Waals surface area contributed by atoms with Crippen LogP contribution in [-0.2, 0) is 0 Å². The highest BCUT2D eigenvalue weighted by atomic mass is 19.1. The third-order valence-corrected chi connectivity index (χ3v) is 2.27. The molecule has 0 spiro atoms. The Kier molecular flexibility index (Phi) is 2.98. The molecule has 2 heterocycles. The molecule has 84 valence electrons. The summed E-state index contributed by atoms with van der Waals surface area (Å²) in [5.74, 6) is 6.44. The number of nitrogens with one attached hydrogen (secondary N) is 1. The van der Waals surface area contributed by atoms with E-state index in [2.05, 4.69) is 10.4 Å². The van der Waals surface area contributed by atoms with E-state index in [0.29, 0.717) is 11.3 Å². The van der Waals surface area contributed by atoms with Gasteiger partial charge in [0.2, 0.25) is 0 Å². The van der Waals surface area contributed by atoms with Crippen LogP contribution in [-0.4, -0.2) is 4.98 Å². The Hall–Kier alpha value is -1.72. The smallest absolute Gasteiger partial charge is 0.141 e. The number of hydrazine groups is 1. The Labute approximate surface area is 92.3 Å². The molecular weight excluding hydrogens is 209 g/mol. The van der Waals surface area contributed by atoms with Gasteiger partial charge in [0.25, 0.3) is 0 Å². The largest absolute Gasteiger partial charge is 0.464 e. The molecule has 0 aliphatic heterocycles. The van der Waals surface area contributed by atoms with E-state index in [1.807, 2.05) is 13.0 Å². The minimum absolute atomic E-state index is 0.392. The highest BCUT2D eigenvalue weighted by Gasteiger charge is 2.16. The number of rotatable bonds is 3. The van der Waals surface area contributed by atoms with Crippen LogP contribution < -0.4 is 11.3 Å². The van der Waals surface area contributed by atoms with Gasteiger partial charge in [-0.2, -0.15) is 0 Å². The summed E-state index contributed by atoms with van der Waals surface area (Å²) >= 11 is 0. The number of halogens is 1. The number of furan rings is 1. The van der Waals surface area contributed by atoms with E-state index in [1.165, 1.54) is 6.07 Å². The molecule has 0 aliphatic rings. The van der Waals surface area contributed by atoms with Crippen molar-refractivity contribution in [3.8, 4) is 0 Å². The number of aryl methyl sites for hydroxylation is 1. The van der Waals surface area contributed by atoms with Crippen LogP contribution in [0, 0.1) is 12.7 Å². The zero-order valence-corrected chi connectivity index (χ0v) is 8.77. The van der Waals surface area contributed by atoms with Crippen molar-refractivity contribution in [2.45, 2.75) is 13.0 Å². The number of hydrogen-bond donors (Lipinski definition) is 2. The van der Waals surface area contributed by atoms with Crippen molar-refractivity contribution in [2.24, 2.45) is 5.84 Å². The van der Waals surface area contributed by atoms with Crippen molar-refractivity contribution in [2.75, 3.05) is 0 Å². The van der Waals surface area contributed by atoms with E-state index in [-0.39, 0.29) is 0 Å². The van der Waals surface area contributed by atoms with Crippen molar-refractivity contribution in [3.05, 3.63) is 53.5 Å². The Balaban J connectivity index is 2.36. The Morgan fingerprint density at radius 2 is 2.25 bits per heavy atom. The summed E-state index contributed by atoms with van der Waals surface area (Å²) in [5, 5.41) is 0. The molecule has 0 saturated carbocycles. The monoisotopic (exact) mass is 221 g/mol. The first kappa shape index (κ1) is 10.8. The number of pyridine rings is 1. The lowest BCUT2D eigenvalue weighted by atomic mass is 10.1. The van der Waals surface area contributed by atoms with Gasteiger partial charge in [0.05, 0.1) is 6.20 Å². The first-order valence-corrected chi connectivity index (χ1v) is 4.83. The summed E-state index contributed by atoms with van der Waals surface area (Å²) in [6.07, 6.45) is 2.69. The lowest BCUT2D eigenvalue weighted by Gasteiger charge is -2.13. The third kappa shape index (κ3) is 2.10. The quantitative estimate of drug-likeness (QED) is 0.611. The molecule has 2 aromatic heterocycles. The summed E-state index contributed by atoms with van der Waals surface area (Å²) in [5.41, 5.74) is 3.20. The fourth-order valence-corrected chi connectivity index (χ4v) is 1.54. The van der Waals surface area contributed by atoms with E-state index in [4.69, 9.17) is 10.3 Å². The SMILES string of the molecule is Cc1ccc(C(NN)c2cncc(F)c2)o1. The fourth-order valence-electron chi connectivity index (χ4n) is 1.54. The molecule has 1 atom stereocenters. The van der Waals surface area contributed by atoms with Crippen molar-refractivity contribution in [3.63, 3.8) is 0 Å². The van der Waals surface area contributed by atoms with Gasteiger partial charge in [-0.05, 0) is 30.7 Å². The van der Waals surface area contributed by atoms with Crippen LogP contribution >= 0.6 is 0 Å². The highest BCUT2D eigenvalue weighted by Crippen LogP contribution is 2.22. The van der Waals surface area contributed by atoms with Crippen LogP contribution in [0.5, 0.6) is 0 Å². The van der Waals surface area contributed by atoms with Gasteiger partial charge >= 0.3 is 0 Å². The van der Waals surface area contributed by atoms with Crippen LogP contribution in [0.1, 0.15) is 23.1 Å². The molecule has 2 aromatic rings. The molecule has 1 unspecified atom stereocenters. The average molecular weight is 221 g/mol. The number of aromatic nitrogens is 1. The first-order chi connectivity index (χ1) is 7.70. The maximum Gasteiger partial charge on any atom is 0.141 e. The van der Waals surface area contributed by atoms with Crippen molar-refractivity contribution in [1.82, 2.24) is 10.4 Å². The van der Waals surface area contributed by atoms with Crippen molar-refractivity contribution >= 4 is 0 Å². The molecule has 2 rings (SSSR count). The summed E-state index contributed by atoms with van der Waals surface area (Å²) in [6, 6.07) is 4.60. The molecule has 0 aliphatic carbocycles. The molecule has 0 saturated heterocycles. The Morgan fingerprint density at radius 1 is 1.44 bits per heavy atom. The summed E-state index contributed by atoms with van der Waals surface area (Å²) in [6.45, 7) is 1.83. The molecule has 0 bridgehead atoms. The Morgan fingerprint density at radius 3 is 2.81 bits per heavy atom. The standard InChI is InChI=1S/C11H12FN3O/c1-7-2-3-10(16-7)11(15-13)8-4-9(12)6-14-5-8/h2-6,11,15H,13H2,1H3. The second kappa shape index (κ2) is 4.42. The van der Waals surface area contributed by atoms with Gasteiger partial charge in [-0.3, -0.25) is 10.8 Å². The minimum atomic E-state index is -0.402. The molecule has 4 nitrogen and oxygen atoms in total. The van der Waals surface area contributed by atoms with Gasteiger partial charge in [0, 0.05) is 6.20 Å². The van der Waals surface area contributed by atoms with Crippen LogP contribution in [0.3, 0.4) is 0 Å². The molecule has 3 N–H and O–H groups in total. The summed E-state index contributed by atoms with van der Waals surface area (Å²) < 4.78 is 18.5. The zero-order chi connectivity index (χ0) is 11.5. The van der Waals surface area contributed by atoms with Gasteiger partial charge in [-0.25, -0.2) is 9.82 Å². The molecule has 0 aromatic carbocycles. The van der Waals surface area contributed by atoms with Crippen molar-refractivity contribution < 1.29 is 8.81 Å². The zero-order valence-electron chi connectivity index (χ0n) is 8.77. The van der Waals surface area contributed by atoms with E-state index in [0.717, 1.165) is 12.0 Å². The molecule has 0 fully saturated rings. The maximum absolute atomic E-state index is 13.0. The van der Waals surface area contributed by atoms with Crippen LogP contribution in [0.2, 0.25) is 0 Å². The lowest BCUT2D eigenvalue weighted by molar-refractivity contribution is 0.433. The van der Waals surface area contributed by atoms with Gasteiger partial charge in [-0.1, -0.05) is 0 Å². The number of nitrogens with zero attached hydrogens (tertiary/aromatic N) is 1. The van der Waals surface area contributed by atoms with Gasteiger partial charge in [0.1, 0.15) is 23.4 Å². The molecular formula is C11H12FN3O. The lowest BCUT2D eigenvalue weighted by Crippen LogP contribution is -2.28. The number of nitrogens with two attached hydrogens (primary N) is 1. The molecule has 0 radical (unpaired) electrons. The normalized spacial score (nSPS) is 12.7. The Bertz CT molecular complexity index is 484. The maximum atomic E-state index is 13.0. The van der Waals surface area contributed by atoms with E-state index >= 15 is 0 Å². The highest BCUT2D eigenvalue weighted by molar-refractivity contribution is 5.24. The van der Waals surface area contributed by atoms with Gasteiger partial charge in [-0.15, -0.1) is 0 Å². The fraction of sp³-hybridized carbons (Fsp3) is 0.182. The van der Waals surface area contributed by atoms with E-state index in [9.17, 15) is 4.39 Å². The van der Waals surface area contributed by atoms with Crippen LogP contribution in [0.15, 0.2) is 35.0 Å². The number of hydrogen-bond acceptors (Lipinski definition) is 4. The van der Waals surface area contributed by atoms with Crippen molar-refractivity contribution in [1.29, 1.82) is 0 Å². The summed E-state index contributed by atoms with van der Waals surface area (Å²) in [7, 11) is 0. The summed E-state index contributed by atoms with van der Waals surface area (Å²) in [4.78, 5) is 3.77. The van der Waals surface area contributed by atoms with Crippen LogP contribution in [0.4, 0.5) is 4.39 Å². The predicted octanol–water partition coefficient (Wildman–Crippen LogP) is 1.67. The average Bonchev–Trinajstić information content (AvgIpc) is 2.66. The topological polar surface area (TPSA) is 64.1 Å². The second-order valence-corrected chi connectivity index (χ2v) is 3.48. The molecule has 5 heteroatoms. The van der Waals surface area contributed by atoms with E-state index in [1.54, 1.807) is 12.3 Å². The van der Waals surface area contributed by atoms with E-state index < -0.39 is 11.9 Å². The van der Waals surface area contributed by atoms with Crippen LogP contribution in [0.25, 0.3) is 0 Å². The van der Waals surface area contributed by atoms with Gasteiger partial charge in [0.15, 0.2) is 0 Å². The molecule has 0 amide bonds. The minimum Gasteiger partial charge on any atom is -0.464 e. The predicted molar refractivity (Wildman–Crippen MR) is 56.8 cm³/mol. The molecule has 16 heavy (non-hydrogen) atoms. The third-order valence-electron chi connectivity index (χ3n) is 2.27. The first-order valence-electron chi connectivity index (χ1n) is 4.83. The van der Waals surface area contributed by atoms with Gasteiger partial charge < -0.3 is 4.42 Å².